The molecule has 1 aliphatic heterocycles. The van der Waals surface area contributed by atoms with E-state index >= 15 is 0 Å². The molecule has 2 aliphatic rings. The number of rotatable bonds is 3. The van der Waals surface area contributed by atoms with Crippen LogP contribution < -0.4 is 10.2 Å². The molecule has 1 aliphatic carbocycles. The fourth-order valence-corrected chi connectivity index (χ4v) is 3.69. The molecule has 2 fully saturated rings. The highest BCUT2D eigenvalue weighted by Gasteiger charge is 2.43. The van der Waals surface area contributed by atoms with Crippen LogP contribution in [0, 0.1) is 24.7 Å². The second-order valence-corrected chi connectivity index (χ2v) is 7.97. The molecule has 0 radical (unpaired) electrons. The fraction of sp³-hybridized carbons (Fsp3) is 0.333. The van der Waals surface area contributed by atoms with E-state index in [0.717, 1.165) is 48.5 Å². The maximum Gasteiger partial charge on any atom is 0.231 e. The molecule has 0 unspecified atom stereocenters. The first-order valence-electron chi connectivity index (χ1n) is 10.6. The Morgan fingerprint density at radius 1 is 1.12 bits per heavy atom. The van der Waals surface area contributed by atoms with Crippen molar-refractivity contribution in [1.29, 1.82) is 0 Å². The van der Waals surface area contributed by atoms with Gasteiger partial charge in [-0.1, -0.05) is 5.92 Å². The van der Waals surface area contributed by atoms with Crippen LogP contribution >= 0.6 is 0 Å². The third-order valence-corrected chi connectivity index (χ3v) is 5.72. The zero-order valence-corrected chi connectivity index (χ0v) is 17.6. The molecule has 1 N–H and O–H groups in total. The minimum Gasteiger partial charge on any atom is -0.378 e. The van der Waals surface area contributed by atoms with E-state index in [-0.39, 0.29) is 12.3 Å². The van der Waals surface area contributed by atoms with Crippen molar-refractivity contribution in [1.82, 2.24) is 15.0 Å². The fourth-order valence-electron chi connectivity index (χ4n) is 3.69. The van der Waals surface area contributed by atoms with Crippen LogP contribution in [-0.2, 0) is 9.53 Å². The summed E-state index contributed by atoms with van der Waals surface area (Å²) in [5, 5.41) is 4.37. The Morgan fingerprint density at radius 3 is 2.66 bits per heavy atom. The van der Waals surface area contributed by atoms with Gasteiger partial charge in [0.15, 0.2) is 0 Å². The van der Waals surface area contributed by atoms with E-state index in [2.05, 4.69) is 37.0 Å². The van der Waals surface area contributed by atoms with E-state index in [1.165, 1.54) is 0 Å². The third-order valence-electron chi connectivity index (χ3n) is 5.72. The molecule has 32 heavy (non-hydrogen) atoms. The number of halogens is 1. The number of carbonyl (C=O) groups is 1. The number of aryl methyl sites for hydroxylation is 1. The van der Waals surface area contributed by atoms with Gasteiger partial charge in [-0.05, 0) is 37.5 Å². The molecular weight excluding hydrogens is 409 g/mol. The maximum absolute atomic E-state index is 13.2. The number of pyridine rings is 3. The number of nitrogens with zero attached hydrogens (tertiary/aromatic N) is 4. The molecule has 0 aromatic carbocycles. The van der Waals surface area contributed by atoms with Gasteiger partial charge in [0.1, 0.15) is 17.7 Å². The minimum absolute atomic E-state index is 0.274. The van der Waals surface area contributed by atoms with E-state index in [1.807, 2.05) is 25.3 Å². The van der Waals surface area contributed by atoms with Gasteiger partial charge in [0.25, 0.3) is 0 Å². The Balaban J connectivity index is 1.40. The Morgan fingerprint density at radius 2 is 1.94 bits per heavy atom. The molecule has 3 aromatic heterocycles. The second kappa shape index (κ2) is 8.52. The summed E-state index contributed by atoms with van der Waals surface area (Å²) in [5.74, 6) is 5.70. The van der Waals surface area contributed by atoms with Crippen LogP contribution in [0.25, 0.3) is 10.8 Å². The average Bonchev–Trinajstić information content (AvgIpc) is 3.56. The Labute approximate surface area is 185 Å². The molecule has 0 bridgehead atoms. The van der Waals surface area contributed by atoms with Gasteiger partial charge >= 0.3 is 0 Å². The highest BCUT2D eigenvalue weighted by Crippen LogP contribution is 2.34. The van der Waals surface area contributed by atoms with Crippen LogP contribution in [0.2, 0.25) is 0 Å². The molecule has 1 saturated carbocycles. The van der Waals surface area contributed by atoms with Crippen LogP contribution in [0.15, 0.2) is 36.8 Å². The first-order chi connectivity index (χ1) is 15.6. The van der Waals surface area contributed by atoms with E-state index < -0.39 is 12.1 Å². The minimum atomic E-state index is -1.05. The summed E-state index contributed by atoms with van der Waals surface area (Å²) in [5.41, 5.74) is 3.23. The number of carbonyl (C=O) groups excluding carboxylic acids is 1. The number of alkyl halides is 1. The lowest BCUT2D eigenvalue weighted by Crippen LogP contribution is -2.36. The molecule has 0 spiro atoms. The standard InChI is InChI=1S/C24H22FN5O2/c1-15-21-14-28-23(29-24(31)20-10-22(20)25)11-19(21)16(12-26-15)2-3-17-4-5-18(13-27-17)30-6-8-32-9-7-30/h4-5,11-14,20,22H,6-10H2,1H3,(H,28,29,31)/t20-,22-/m1/s1. The number of hydrogen-bond acceptors (Lipinski definition) is 6. The first kappa shape index (κ1) is 20.3. The van der Waals surface area contributed by atoms with Crippen LogP contribution in [0.5, 0.6) is 0 Å². The van der Waals surface area contributed by atoms with E-state index in [0.29, 0.717) is 17.1 Å². The Hall–Kier alpha value is -3.57. The molecule has 4 heterocycles. The van der Waals surface area contributed by atoms with Crippen molar-refractivity contribution in [3.05, 3.63) is 53.7 Å². The van der Waals surface area contributed by atoms with Gasteiger partial charge in [-0.15, -0.1) is 0 Å². The highest BCUT2D eigenvalue weighted by atomic mass is 19.1. The molecule has 1 amide bonds. The molecule has 7 nitrogen and oxygen atoms in total. The quantitative estimate of drug-likeness (QED) is 0.643. The van der Waals surface area contributed by atoms with Crippen molar-refractivity contribution >= 4 is 28.2 Å². The molecule has 2 atom stereocenters. The van der Waals surface area contributed by atoms with Gasteiger partial charge < -0.3 is 15.0 Å². The molecule has 8 heteroatoms. The van der Waals surface area contributed by atoms with Crippen molar-refractivity contribution < 1.29 is 13.9 Å². The van der Waals surface area contributed by atoms with Crippen molar-refractivity contribution in [3.8, 4) is 11.8 Å². The number of amides is 1. The maximum atomic E-state index is 13.2. The summed E-state index contributed by atoms with van der Waals surface area (Å²) in [7, 11) is 0. The van der Waals surface area contributed by atoms with Gasteiger partial charge in [-0.3, -0.25) is 9.78 Å². The van der Waals surface area contributed by atoms with Crippen LogP contribution in [0.3, 0.4) is 0 Å². The van der Waals surface area contributed by atoms with E-state index in [4.69, 9.17) is 4.74 Å². The van der Waals surface area contributed by atoms with E-state index in [9.17, 15) is 9.18 Å². The van der Waals surface area contributed by atoms with Crippen molar-refractivity contribution in [2.75, 3.05) is 36.5 Å². The van der Waals surface area contributed by atoms with Gasteiger partial charge in [-0.25, -0.2) is 14.4 Å². The monoisotopic (exact) mass is 431 g/mol. The van der Waals surface area contributed by atoms with Gasteiger partial charge in [-0.2, -0.15) is 0 Å². The number of ether oxygens (including phenoxy) is 1. The summed E-state index contributed by atoms with van der Waals surface area (Å²) >= 11 is 0. The topological polar surface area (TPSA) is 80.2 Å². The first-order valence-corrected chi connectivity index (χ1v) is 10.6. The molecule has 5 rings (SSSR count). The number of fused-ring (bicyclic) bond motifs is 1. The predicted octanol–water partition coefficient (Wildman–Crippen LogP) is 2.87. The van der Waals surface area contributed by atoms with Gasteiger partial charge in [0, 0.05) is 41.9 Å². The van der Waals surface area contributed by atoms with Crippen LogP contribution in [0.1, 0.15) is 23.4 Å². The summed E-state index contributed by atoms with van der Waals surface area (Å²) in [6.45, 7) is 5.05. The summed E-state index contributed by atoms with van der Waals surface area (Å²) < 4.78 is 18.6. The zero-order chi connectivity index (χ0) is 22.1. The number of aromatic nitrogens is 3. The number of anilines is 2. The van der Waals surface area contributed by atoms with Gasteiger partial charge in [0.05, 0.1) is 36.6 Å². The Kier molecular flexibility index (Phi) is 5.41. The molecule has 1 saturated heterocycles. The lowest BCUT2D eigenvalue weighted by atomic mass is 10.1. The van der Waals surface area contributed by atoms with Crippen molar-refractivity contribution in [2.45, 2.75) is 19.5 Å². The molecule has 162 valence electrons. The summed E-state index contributed by atoms with van der Waals surface area (Å²) in [6.07, 6.45) is 4.42. The SMILES string of the molecule is Cc1ncc(C#Cc2ccc(N3CCOCC3)cn2)c2cc(NC(=O)[C@@H]3C[C@H]3F)ncc12. The predicted molar refractivity (Wildman–Crippen MR) is 119 cm³/mol. The summed E-state index contributed by atoms with van der Waals surface area (Å²) in [6, 6.07) is 5.68. The lowest BCUT2D eigenvalue weighted by molar-refractivity contribution is -0.117. The Bertz CT molecular complexity index is 1230. The normalized spacial score (nSPS) is 19.9. The van der Waals surface area contributed by atoms with Crippen LogP contribution in [0.4, 0.5) is 15.9 Å². The third kappa shape index (κ3) is 4.25. The highest BCUT2D eigenvalue weighted by molar-refractivity contribution is 5.97. The number of nitrogens with one attached hydrogen (secondary N) is 1. The average molecular weight is 431 g/mol. The summed E-state index contributed by atoms with van der Waals surface area (Å²) in [4.78, 5) is 27.5. The smallest absolute Gasteiger partial charge is 0.231 e. The van der Waals surface area contributed by atoms with Crippen LogP contribution in [-0.4, -0.2) is 53.3 Å². The second-order valence-electron chi connectivity index (χ2n) is 7.97. The van der Waals surface area contributed by atoms with Crippen molar-refractivity contribution in [3.63, 3.8) is 0 Å². The lowest BCUT2D eigenvalue weighted by Gasteiger charge is -2.28. The molecular formula is C24H22FN5O2. The number of hydrogen-bond donors (Lipinski definition) is 1. The van der Waals surface area contributed by atoms with E-state index in [1.54, 1.807) is 18.5 Å². The number of morpholine rings is 1. The largest absolute Gasteiger partial charge is 0.378 e. The molecule has 3 aromatic rings. The van der Waals surface area contributed by atoms with Crippen molar-refractivity contribution in [2.24, 2.45) is 5.92 Å². The zero-order valence-electron chi connectivity index (χ0n) is 17.6. The van der Waals surface area contributed by atoms with Gasteiger partial charge in [0.2, 0.25) is 5.91 Å².